The highest BCUT2D eigenvalue weighted by Crippen LogP contribution is 2.42. The topological polar surface area (TPSA) is 110 Å². The van der Waals surface area contributed by atoms with Gasteiger partial charge in [0.15, 0.2) is 12.4 Å². The van der Waals surface area contributed by atoms with E-state index in [-0.39, 0.29) is 30.6 Å². The first kappa shape index (κ1) is 34.9. The molecule has 1 fully saturated rings. The van der Waals surface area contributed by atoms with Gasteiger partial charge in [-0.3, -0.25) is 14.6 Å². The number of rotatable bonds is 13. The summed E-state index contributed by atoms with van der Waals surface area (Å²) in [5.74, 6) is -0.756. The van der Waals surface area contributed by atoms with Gasteiger partial charge in [0.1, 0.15) is 0 Å². The highest BCUT2D eigenvalue weighted by molar-refractivity contribution is 5.82. The summed E-state index contributed by atoms with van der Waals surface area (Å²) in [4.78, 5) is 30.2. The van der Waals surface area contributed by atoms with Crippen molar-refractivity contribution in [2.75, 3.05) is 20.1 Å². The summed E-state index contributed by atoms with van der Waals surface area (Å²) in [6, 6.07) is 30.1. The Hall–Kier alpha value is -4.41. The Bertz CT molecular complexity index is 1630. The zero-order chi connectivity index (χ0) is 34.0. The van der Waals surface area contributed by atoms with E-state index in [0.717, 1.165) is 58.6 Å². The van der Waals surface area contributed by atoms with Crippen LogP contribution in [0.4, 0.5) is 0 Å². The van der Waals surface area contributed by atoms with E-state index in [2.05, 4.69) is 47.4 Å². The first-order valence-electron chi connectivity index (χ1n) is 16.4. The van der Waals surface area contributed by atoms with Crippen LogP contribution >= 0.6 is 0 Å². The Kier molecular flexibility index (Phi) is 12.1. The van der Waals surface area contributed by atoms with Crippen molar-refractivity contribution in [1.82, 2.24) is 15.2 Å². The van der Waals surface area contributed by atoms with Crippen LogP contribution in [0, 0.1) is 5.92 Å². The normalized spacial score (nSPS) is 19.9. The molecule has 2 N–H and O–H groups in total. The van der Waals surface area contributed by atoms with Gasteiger partial charge in [0.2, 0.25) is 0 Å². The van der Waals surface area contributed by atoms with Gasteiger partial charge in [0.25, 0.3) is 5.91 Å². The number of hydrogen-bond donors (Lipinski definition) is 2. The van der Waals surface area contributed by atoms with Gasteiger partial charge in [0, 0.05) is 56.4 Å². The molecule has 0 aliphatic carbocycles. The Labute approximate surface area is 282 Å². The quantitative estimate of drug-likeness (QED) is 0.175. The van der Waals surface area contributed by atoms with Crippen molar-refractivity contribution in [2.24, 2.45) is 5.92 Å². The molecule has 2 heterocycles. The number of likely N-dealkylation sites (N-methyl/N-ethyl adjacent to an activating group) is 1. The molecule has 9 nitrogen and oxygen atoms in total. The number of aromatic nitrogens is 1. The second-order valence-electron chi connectivity index (χ2n) is 12.4. The number of aliphatic hydroxyl groups excluding tert-OH is 1. The smallest absolute Gasteiger partial charge is 0.303 e. The number of pyridine rings is 1. The van der Waals surface area contributed by atoms with Crippen molar-refractivity contribution < 1.29 is 28.9 Å². The average Bonchev–Trinajstić information content (AvgIpc) is 3.11. The van der Waals surface area contributed by atoms with Crippen LogP contribution in [0.5, 0.6) is 0 Å². The van der Waals surface area contributed by atoms with Gasteiger partial charge in [0.05, 0.1) is 18.8 Å². The van der Waals surface area contributed by atoms with E-state index in [0.29, 0.717) is 6.54 Å². The maximum absolute atomic E-state index is 12.3. The number of nitrogens with zero attached hydrogens (tertiary/aromatic N) is 2. The van der Waals surface area contributed by atoms with E-state index < -0.39 is 18.4 Å². The van der Waals surface area contributed by atoms with Crippen LogP contribution in [0.2, 0.25) is 0 Å². The summed E-state index contributed by atoms with van der Waals surface area (Å²) >= 11 is 0. The molecule has 48 heavy (non-hydrogen) atoms. The van der Waals surface area contributed by atoms with Gasteiger partial charge in [-0.1, -0.05) is 79.7 Å². The van der Waals surface area contributed by atoms with Gasteiger partial charge >= 0.3 is 5.97 Å². The van der Waals surface area contributed by atoms with E-state index in [1.165, 1.54) is 6.92 Å². The SMILES string of the molecule is CC(=O)O[C@@H](C)C(=O)NCc1cccc(-c2ccc([C@H]3O[C@@H](CN(C)CCc4ccccn4)[C@@H](C)[C@@H](c4ccc(CO)cc4)O3)cc2)c1. The molecule has 5 atom stereocenters. The molecule has 252 valence electrons. The predicted octanol–water partition coefficient (Wildman–Crippen LogP) is 5.77. The third-order valence-electron chi connectivity index (χ3n) is 8.71. The van der Waals surface area contributed by atoms with Crippen LogP contribution in [0.1, 0.15) is 61.1 Å². The summed E-state index contributed by atoms with van der Waals surface area (Å²) in [7, 11) is 2.11. The average molecular weight is 652 g/mol. The lowest BCUT2D eigenvalue weighted by molar-refractivity contribution is -0.275. The lowest BCUT2D eigenvalue weighted by atomic mass is 9.90. The number of benzene rings is 3. The maximum atomic E-state index is 12.3. The van der Waals surface area contributed by atoms with E-state index in [4.69, 9.17) is 14.2 Å². The molecule has 4 aromatic rings. The number of hydrogen-bond acceptors (Lipinski definition) is 8. The molecular weight excluding hydrogens is 606 g/mol. The fourth-order valence-corrected chi connectivity index (χ4v) is 5.91. The third-order valence-corrected chi connectivity index (χ3v) is 8.71. The molecule has 3 aromatic carbocycles. The van der Waals surface area contributed by atoms with Gasteiger partial charge in [-0.15, -0.1) is 0 Å². The molecule has 1 aromatic heterocycles. The number of carbonyl (C=O) groups is 2. The molecule has 1 amide bonds. The summed E-state index contributed by atoms with van der Waals surface area (Å²) in [6.45, 7) is 6.91. The minimum Gasteiger partial charge on any atom is -0.453 e. The van der Waals surface area contributed by atoms with Crippen molar-refractivity contribution in [3.63, 3.8) is 0 Å². The van der Waals surface area contributed by atoms with Gasteiger partial charge in [-0.05, 0) is 60.0 Å². The Morgan fingerprint density at radius 1 is 0.938 bits per heavy atom. The molecule has 1 aliphatic heterocycles. The van der Waals surface area contributed by atoms with Crippen molar-refractivity contribution in [3.8, 4) is 11.1 Å². The molecule has 0 unspecified atom stereocenters. The van der Waals surface area contributed by atoms with E-state index in [1.54, 1.807) is 6.92 Å². The summed E-state index contributed by atoms with van der Waals surface area (Å²) < 4.78 is 18.3. The lowest BCUT2D eigenvalue weighted by Crippen LogP contribution is -2.43. The Morgan fingerprint density at radius 3 is 2.38 bits per heavy atom. The van der Waals surface area contributed by atoms with Gasteiger partial charge < -0.3 is 29.5 Å². The van der Waals surface area contributed by atoms with Crippen molar-refractivity contribution in [3.05, 3.63) is 125 Å². The number of amides is 1. The van der Waals surface area contributed by atoms with E-state index in [1.807, 2.05) is 79.0 Å². The minimum atomic E-state index is -0.850. The minimum absolute atomic E-state index is 0.00400. The second-order valence-corrected chi connectivity index (χ2v) is 12.4. The molecule has 9 heteroatoms. The van der Waals surface area contributed by atoms with Crippen molar-refractivity contribution in [1.29, 1.82) is 0 Å². The predicted molar refractivity (Wildman–Crippen MR) is 183 cm³/mol. The highest BCUT2D eigenvalue weighted by atomic mass is 16.7. The summed E-state index contributed by atoms with van der Waals surface area (Å²) in [6.07, 6.45) is 0.987. The number of esters is 1. The number of aliphatic hydroxyl groups is 1. The number of carbonyl (C=O) groups excluding carboxylic acids is 2. The highest BCUT2D eigenvalue weighted by Gasteiger charge is 2.38. The van der Waals surface area contributed by atoms with Gasteiger partial charge in [-0.25, -0.2) is 0 Å². The zero-order valence-corrected chi connectivity index (χ0v) is 28.0. The number of ether oxygens (including phenoxy) is 3. The Morgan fingerprint density at radius 2 is 1.69 bits per heavy atom. The van der Waals surface area contributed by atoms with E-state index >= 15 is 0 Å². The Balaban J connectivity index is 1.29. The fourth-order valence-electron chi connectivity index (χ4n) is 5.91. The molecule has 1 aliphatic rings. The van der Waals surface area contributed by atoms with Crippen LogP contribution in [0.15, 0.2) is 97.2 Å². The van der Waals surface area contributed by atoms with Gasteiger partial charge in [-0.2, -0.15) is 0 Å². The maximum Gasteiger partial charge on any atom is 0.303 e. The molecule has 5 rings (SSSR count). The van der Waals surface area contributed by atoms with Crippen LogP contribution in [-0.2, 0) is 43.4 Å². The zero-order valence-electron chi connectivity index (χ0n) is 28.0. The molecule has 1 saturated heterocycles. The summed E-state index contributed by atoms with van der Waals surface area (Å²) in [5, 5.41) is 12.4. The molecule has 0 saturated carbocycles. The number of nitrogens with one attached hydrogen (secondary N) is 1. The standard InChI is InChI=1S/C39H45N3O6/c1-26-36(24-42(4)21-19-35-10-5-6-20-40-35)47-39(48-37(26)32-13-11-29(25-43)12-14-32)33-17-15-31(16-18-33)34-9-7-8-30(22-34)23-41-38(45)27(2)46-28(3)44/h5-18,20,22,26-27,36-37,39,43H,19,21,23-25H2,1-4H3,(H,41,45)/t26-,27+,36+,37+,39+/m1/s1. The van der Waals surface area contributed by atoms with Crippen LogP contribution in [-0.4, -0.2) is 59.2 Å². The van der Waals surface area contributed by atoms with E-state index in [9.17, 15) is 14.7 Å². The third kappa shape index (κ3) is 9.35. The first-order valence-corrected chi connectivity index (χ1v) is 16.4. The monoisotopic (exact) mass is 651 g/mol. The summed E-state index contributed by atoms with van der Waals surface area (Å²) in [5.41, 5.74) is 6.86. The second kappa shape index (κ2) is 16.6. The van der Waals surface area contributed by atoms with Crippen LogP contribution < -0.4 is 5.32 Å². The first-order chi connectivity index (χ1) is 23.2. The van der Waals surface area contributed by atoms with Crippen molar-refractivity contribution in [2.45, 2.75) is 64.9 Å². The molecule has 0 bridgehead atoms. The lowest BCUT2D eigenvalue weighted by Gasteiger charge is -2.42. The fraction of sp³-hybridized carbons (Fsp3) is 0.359. The molecule has 0 spiro atoms. The van der Waals surface area contributed by atoms with Crippen molar-refractivity contribution >= 4 is 11.9 Å². The molecule has 0 radical (unpaired) electrons. The van der Waals surface area contributed by atoms with Crippen LogP contribution in [0.3, 0.4) is 0 Å². The molecular formula is C39H45N3O6. The van der Waals surface area contributed by atoms with Crippen LogP contribution in [0.25, 0.3) is 11.1 Å². The largest absolute Gasteiger partial charge is 0.453 e.